The molecule has 0 spiro atoms. The van der Waals surface area contributed by atoms with E-state index in [-0.39, 0.29) is 17.5 Å². The molecule has 1 aromatic carbocycles. The van der Waals surface area contributed by atoms with Gasteiger partial charge >= 0.3 is 0 Å². The fraction of sp³-hybridized carbons (Fsp3) is 0.333. The lowest BCUT2D eigenvalue weighted by atomic mass is 9.91. The molecular weight excluding hydrogens is 176 g/mol. The zero-order valence-corrected chi connectivity index (χ0v) is 8.49. The van der Waals surface area contributed by atoms with Gasteiger partial charge in [-0.2, -0.15) is 0 Å². The van der Waals surface area contributed by atoms with Gasteiger partial charge < -0.3 is 0 Å². The summed E-state index contributed by atoms with van der Waals surface area (Å²) in [6, 6.07) is 9.43. The van der Waals surface area contributed by atoms with Crippen molar-refractivity contribution in [3.63, 3.8) is 0 Å². The van der Waals surface area contributed by atoms with Crippen LogP contribution in [0.15, 0.2) is 30.3 Å². The lowest BCUT2D eigenvalue weighted by Gasteiger charge is -2.11. The maximum absolute atomic E-state index is 11.3. The normalized spacial score (nSPS) is 12.1. The predicted octanol–water partition coefficient (Wildman–Crippen LogP) is 2.34. The van der Waals surface area contributed by atoms with Crippen LogP contribution in [0.1, 0.15) is 31.7 Å². The number of hydrogen-bond donors (Lipinski definition) is 0. The largest absolute Gasteiger partial charge is 0.300 e. The molecule has 0 aliphatic rings. The van der Waals surface area contributed by atoms with E-state index in [0.717, 1.165) is 5.56 Å². The number of carbonyl (C=O) groups excluding carboxylic acids is 2. The van der Waals surface area contributed by atoms with Crippen molar-refractivity contribution in [1.82, 2.24) is 0 Å². The first-order chi connectivity index (χ1) is 6.61. The molecule has 2 heteroatoms. The maximum atomic E-state index is 11.3. The Bertz CT molecular complexity index is 327. The van der Waals surface area contributed by atoms with Crippen molar-refractivity contribution in [1.29, 1.82) is 0 Å². The van der Waals surface area contributed by atoms with Crippen LogP contribution in [-0.4, -0.2) is 11.6 Å². The zero-order valence-electron chi connectivity index (χ0n) is 8.49. The van der Waals surface area contributed by atoms with E-state index in [1.807, 2.05) is 30.3 Å². The second-order valence-electron chi connectivity index (χ2n) is 3.48. The monoisotopic (exact) mass is 190 g/mol. The Morgan fingerprint density at radius 2 is 1.71 bits per heavy atom. The van der Waals surface area contributed by atoms with Gasteiger partial charge in [0, 0.05) is 12.3 Å². The molecular formula is C12H14O2. The number of rotatable bonds is 4. The highest BCUT2D eigenvalue weighted by Crippen LogP contribution is 2.20. The van der Waals surface area contributed by atoms with Crippen LogP contribution in [0.2, 0.25) is 0 Å². The lowest BCUT2D eigenvalue weighted by molar-refractivity contribution is -0.123. The smallest absolute Gasteiger partial charge is 0.137 e. The summed E-state index contributed by atoms with van der Waals surface area (Å²) in [5.74, 6) is -0.172. The molecule has 1 aromatic rings. The maximum Gasteiger partial charge on any atom is 0.137 e. The summed E-state index contributed by atoms with van der Waals surface area (Å²) in [5, 5.41) is 0. The van der Waals surface area contributed by atoms with Crippen molar-refractivity contribution >= 4 is 11.6 Å². The van der Waals surface area contributed by atoms with Gasteiger partial charge in [0.05, 0.1) is 0 Å². The molecule has 0 N–H and O–H groups in total. The highest BCUT2D eigenvalue weighted by atomic mass is 16.1. The lowest BCUT2D eigenvalue weighted by Crippen LogP contribution is -2.12. The fourth-order valence-corrected chi connectivity index (χ4v) is 1.47. The summed E-state index contributed by atoms with van der Waals surface area (Å²) >= 11 is 0. The van der Waals surface area contributed by atoms with Gasteiger partial charge in [0.15, 0.2) is 0 Å². The SMILES string of the molecule is CC(=O)C[C@H](C(C)=O)c1ccccc1. The molecule has 14 heavy (non-hydrogen) atoms. The van der Waals surface area contributed by atoms with Crippen LogP contribution < -0.4 is 0 Å². The number of hydrogen-bond acceptors (Lipinski definition) is 2. The standard InChI is InChI=1S/C12H14O2/c1-9(13)8-12(10(2)14)11-6-4-3-5-7-11/h3-7,12H,8H2,1-2H3/t12-/m1/s1. The molecule has 0 aliphatic heterocycles. The molecule has 0 radical (unpaired) electrons. The first kappa shape index (κ1) is 10.6. The summed E-state index contributed by atoms with van der Waals surface area (Å²) in [7, 11) is 0. The van der Waals surface area contributed by atoms with E-state index in [1.54, 1.807) is 0 Å². The zero-order chi connectivity index (χ0) is 10.6. The Kier molecular flexibility index (Phi) is 3.57. The third-order valence-corrected chi connectivity index (χ3v) is 2.18. The van der Waals surface area contributed by atoms with Gasteiger partial charge in [-0.1, -0.05) is 30.3 Å². The first-order valence-electron chi connectivity index (χ1n) is 4.66. The summed E-state index contributed by atoms with van der Waals surface area (Å²) < 4.78 is 0. The molecule has 0 amide bonds. The third kappa shape index (κ3) is 2.80. The summed E-state index contributed by atoms with van der Waals surface area (Å²) in [6.07, 6.45) is 0.305. The number of ketones is 2. The molecule has 0 bridgehead atoms. The summed E-state index contributed by atoms with van der Waals surface area (Å²) in [6.45, 7) is 3.04. The van der Waals surface area contributed by atoms with E-state index in [0.29, 0.717) is 6.42 Å². The Morgan fingerprint density at radius 1 is 1.14 bits per heavy atom. The topological polar surface area (TPSA) is 34.1 Å². The molecule has 0 aromatic heterocycles. The van der Waals surface area contributed by atoms with Gasteiger partial charge in [-0.25, -0.2) is 0 Å². The quantitative estimate of drug-likeness (QED) is 0.730. The number of carbonyl (C=O) groups is 2. The van der Waals surface area contributed by atoms with E-state index >= 15 is 0 Å². The predicted molar refractivity (Wildman–Crippen MR) is 55.2 cm³/mol. The van der Waals surface area contributed by atoms with Crippen molar-refractivity contribution in [2.75, 3.05) is 0 Å². The van der Waals surface area contributed by atoms with Crippen LogP contribution >= 0.6 is 0 Å². The van der Waals surface area contributed by atoms with Crippen molar-refractivity contribution in [3.8, 4) is 0 Å². The Balaban J connectivity index is 2.89. The van der Waals surface area contributed by atoms with Crippen LogP contribution in [0.5, 0.6) is 0 Å². The van der Waals surface area contributed by atoms with Gasteiger partial charge in [0.25, 0.3) is 0 Å². The summed E-state index contributed by atoms with van der Waals surface area (Å²) in [4.78, 5) is 22.3. The van der Waals surface area contributed by atoms with Crippen LogP contribution in [-0.2, 0) is 9.59 Å². The molecule has 2 nitrogen and oxygen atoms in total. The molecule has 0 unspecified atom stereocenters. The van der Waals surface area contributed by atoms with Crippen LogP contribution in [0.4, 0.5) is 0 Å². The minimum atomic E-state index is -0.270. The molecule has 1 rings (SSSR count). The van der Waals surface area contributed by atoms with Gasteiger partial charge in [0.2, 0.25) is 0 Å². The van der Waals surface area contributed by atoms with Gasteiger partial charge in [0.1, 0.15) is 11.6 Å². The average Bonchev–Trinajstić information content (AvgIpc) is 2.15. The average molecular weight is 190 g/mol. The molecule has 0 aliphatic carbocycles. The summed E-state index contributed by atoms with van der Waals surface area (Å²) in [5.41, 5.74) is 0.926. The molecule has 0 fully saturated rings. The highest BCUT2D eigenvalue weighted by Gasteiger charge is 2.17. The third-order valence-electron chi connectivity index (χ3n) is 2.18. The van der Waals surface area contributed by atoms with E-state index in [9.17, 15) is 9.59 Å². The minimum absolute atomic E-state index is 0.0476. The second-order valence-corrected chi connectivity index (χ2v) is 3.48. The first-order valence-corrected chi connectivity index (χ1v) is 4.66. The molecule has 74 valence electrons. The van der Waals surface area contributed by atoms with Crippen LogP contribution in [0, 0.1) is 0 Å². The molecule has 1 atom stereocenters. The fourth-order valence-electron chi connectivity index (χ4n) is 1.47. The number of benzene rings is 1. The molecule has 0 saturated carbocycles. The molecule has 0 saturated heterocycles. The van der Waals surface area contributed by atoms with Crippen molar-refractivity contribution in [2.24, 2.45) is 0 Å². The minimum Gasteiger partial charge on any atom is -0.300 e. The van der Waals surface area contributed by atoms with Crippen LogP contribution in [0.3, 0.4) is 0 Å². The van der Waals surface area contributed by atoms with Gasteiger partial charge in [-0.3, -0.25) is 9.59 Å². The van der Waals surface area contributed by atoms with Gasteiger partial charge in [-0.05, 0) is 19.4 Å². The van der Waals surface area contributed by atoms with E-state index in [2.05, 4.69) is 0 Å². The van der Waals surface area contributed by atoms with E-state index in [4.69, 9.17) is 0 Å². The van der Waals surface area contributed by atoms with Gasteiger partial charge in [-0.15, -0.1) is 0 Å². The highest BCUT2D eigenvalue weighted by molar-refractivity contribution is 5.89. The Hall–Kier alpha value is -1.44. The Morgan fingerprint density at radius 3 is 2.14 bits per heavy atom. The Labute approximate surface area is 83.9 Å². The van der Waals surface area contributed by atoms with Crippen LogP contribution in [0.25, 0.3) is 0 Å². The van der Waals surface area contributed by atoms with Crippen molar-refractivity contribution in [3.05, 3.63) is 35.9 Å². The van der Waals surface area contributed by atoms with E-state index in [1.165, 1.54) is 13.8 Å². The number of Topliss-reactive ketones (excluding diaryl/α,β-unsaturated/α-hetero) is 2. The molecule has 0 heterocycles. The van der Waals surface area contributed by atoms with Crippen molar-refractivity contribution in [2.45, 2.75) is 26.2 Å². The second kappa shape index (κ2) is 4.70. The van der Waals surface area contributed by atoms with Crippen molar-refractivity contribution < 1.29 is 9.59 Å². The van der Waals surface area contributed by atoms with E-state index < -0.39 is 0 Å².